The first-order chi connectivity index (χ1) is 9.74. The van der Waals surface area contributed by atoms with Crippen molar-refractivity contribution >= 4 is 33.9 Å². The summed E-state index contributed by atoms with van der Waals surface area (Å²) in [6, 6.07) is 19.2. The van der Waals surface area contributed by atoms with Gasteiger partial charge in [-0.15, -0.1) is 0 Å². The van der Waals surface area contributed by atoms with Crippen molar-refractivity contribution in [2.75, 3.05) is 0 Å². The van der Waals surface area contributed by atoms with Crippen LogP contribution in [0, 0.1) is 0 Å². The molecule has 0 bridgehead atoms. The third-order valence-corrected chi connectivity index (χ3v) is 6.83. The molecule has 1 heterocycles. The molecule has 0 fully saturated rings. The second-order valence-electron chi connectivity index (χ2n) is 5.05. The van der Waals surface area contributed by atoms with Gasteiger partial charge in [-0.3, -0.25) is 0 Å². The van der Waals surface area contributed by atoms with Crippen LogP contribution in [0.2, 0.25) is 0 Å². The van der Waals surface area contributed by atoms with Crippen molar-refractivity contribution in [2.45, 2.75) is 19.3 Å². The molecule has 0 N–H and O–H groups in total. The van der Waals surface area contributed by atoms with Crippen LogP contribution in [-0.2, 0) is 4.79 Å². The van der Waals surface area contributed by atoms with Gasteiger partial charge >= 0.3 is 130 Å². The molecule has 2 heteroatoms. The molecule has 1 aliphatic rings. The minimum absolute atomic E-state index is 0.248. The molecule has 1 nitrogen and oxygen atoms in total. The molecule has 0 amide bonds. The number of fused-ring (bicyclic) bond motifs is 1. The first-order valence-electron chi connectivity index (χ1n) is 6.77. The van der Waals surface area contributed by atoms with E-state index in [4.69, 9.17) is 0 Å². The maximum absolute atomic E-state index is 11.5. The van der Waals surface area contributed by atoms with E-state index < -0.39 is 0 Å². The fourth-order valence-electron chi connectivity index (χ4n) is 2.54. The van der Waals surface area contributed by atoms with Crippen LogP contribution in [0.5, 0.6) is 0 Å². The SMILES string of the molecule is CC(=O)CC1C=C(c2ccccc2)[Te]c2ccccc21. The number of ketones is 1. The Balaban J connectivity index is 2.02. The number of hydrogen-bond donors (Lipinski definition) is 0. The van der Waals surface area contributed by atoms with E-state index in [9.17, 15) is 4.79 Å². The molecule has 1 aliphatic heterocycles. The third-order valence-electron chi connectivity index (χ3n) is 3.46. The van der Waals surface area contributed by atoms with Gasteiger partial charge in [0.2, 0.25) is 0 Å². The van der Waals surface area contributed by atoms with Crippen LogP contribution >= 0.6 is 0 Å². The van der Waals surface area contributed by atoms with E-state index in [2.05, 4.69) is 60.7 Å². The summed E-state index contributed by atoms with van der Waals surface area (Å²) in [5, 5.41) is 0. The molecule has 100 valence electrons. The van der Waals surface area contributed by atoms with Crippen LogP contribution in [-0.4, -0.2) is 26.7 Å². The topological polar surface area (TPSA) is 17.1 Å². The van der Waals surface area contributed by atoms with Gasteiger partial charge in [0, 0.05) is 0 Å². The monoisotopic (exact) mass is 378 g/mol. The zero-order valence-electron chi connectivity index (χ0n) is 11.4. The van der Waals surface area contributed by atoms with Gasteiger partial charge in [-0.25, -0.2) is 0 Å². The van der Waals surface area contributed by atoms with Gasteiger partial charge in [0.25, 0.3) is 0 Å². The van der Waals surface area contributed by atoms with Crippen LogP contribution in [0.25, 0.3) is 3.62 Å². The van der Waals surface area contributed by atoms with Crippen LogP contribution in [0.1, 0.15) is 30.4 Å². The Morgan fingerprint density at radius 1 is 1.05 bits per heavy atom. The number of benzene rings is 2. The second kappa shape index (κ2) is 5.95. The minimum atomic E-state index is -0.354. The van der Waals surface area contributed by atoms with Crippen molar-refractivity contribution in [1.82, 2.24) is 0 Å². The van der Waals surface area contributed by atoms with Crippen LogP contribution < -0.4 is 3.61 Å². The van der Waals surface area contributed by atoms with E-state index in [1.54, 1.807) is 6.92 Å². The zero-order valence-corrected chi connectivity index (χ0v) is 13.7. The number of rotatable bonds is 3. The van der Waals surface area contributed by atoms with Gasteiger partial charge in [-0.05, 0) is 0 Å². The summed E-state index contributed by atoms with van der Waals surface area (Å²) >= 11 is -0.354. The average molecular weight is 376 g/mol. The number of carbonyl (C=O) groups is 1. The molecule has 1 unspecified atom stereocenters. The molecule has 3 rings (SSSR count). The van der Waals surface area contributed by atoms with Gasteiger partial charge in [-0.1, -0.05) is 0 Å². The van der Waals surface area contributed by atoms with Crippen molar-refractivity contribution in [2.24, 2.45) is 0 Å². The van der Waals surface area contributed by atoms with Gasteiger partial charge in [0.15, 0.2) is 0 Å². The Morgan fingerprint density at radius 3 is 2.50 bits per heavy atom. The molecule has 1 atom stereocenters. The van der Waals surface area contributed by atoms with E-state index >= 15 is 0 Å². The molecular formula is C18H16OTe. The summed E-state index contributed by atoms with van der Waals surface area (Å²) < 4.78 is 2.94. The zero-order chi connectivity index (χ0) is 13.9. The first kappa shape index (κ1) is 13.6. The third kappa shape index (κ3) is 2.87. The van der Waals surface area contributed by atoms with Gasteiger partial charge in [-0.2, -0.15) is 0 Å². The van der Waals surface area contributed by atoms with Crippen molar-refractivity contribution in [3.05, 3.63) is 71.8 Å². The normalized spacial score (nSPS) is 17.2. The summed E-state index contributed by atoms with van der Waals surface area (Å²) in [5.41, 5.74) is 2.68. The van der Waals surface area contributed by atoms with Gasteiger partial charge in [0.05, 0.1) is 0 Å². The van der Waals surface area contributed by atoms with E-state index in [0.717, 1.165) is 0 Å². The summed E-state index contributed by atoms with van der Waals surface area (Å²) in [4.78, 5) is 11.5. The molecule has 20 heavy (non-hydrogen) atoms. The molecule has 0 aliphatic carbocycles. The van der Waals surface area contributed by atoms with Gasteiger partial charge < -0.3 is 0 Å². The summed E-state index contributed by atoms with van der Waals surface area (Å²) in [5.74, 6) is 0.508. The Labute approximate surface area is 129 Å². The molecule has 0 aromatic heterocycles. The van der Waals surface area contributed by atoms with Crippen molar-refractivity contribution in [3.8, 4) is 0 Å². The number of carbonyl (C=O) groups excluding carboxylic acids is 1. The molecule has 2 aromatic rings. The van der Waals surface area contributed by atoms with Crippen LogP contribution in [0.4, 0.5) is 0 Å². The number of Topliss-reactive ketones (excluding diaryl/α,β-unsaturated/α-hetero) is 1. The van der Waals surface area contributed by atoms with Crippen molar-refractivity contribution < 1.29 is 4.79 Å². The summed E-state index contributed by atoms with van der Waals surface area (Å²) in [7, 11) is 0. The second-order valence-corrected chi connectivity index (χ2v) is 8.14. The quantitative estimate of drug-likeness (QED) is 0.753. The fourth-order valence-corrected chi connectivity index (χ4v) is 5.99. The van der Waals surface area contributed by atoms with Crippen LogP contribution in [0.15, 0.2) is 60.7 Å². The molecule has 0 saturated carbocycles. The number of allylic oxidation sites excluding steroid dienone is 1. The molecule has 0 radical (unpaired) electrons. The molecule has 2 aromatic carbocycles. The molecule has 0 spiro atoms. The van der Waals surface area contributed by atoms with Gasteiger partial charge in [0.1, 0.15) is 0 Å². The Hall–Kier alpha value is -1.36. The predicted molar refractivity (Wildman–Crippen MR) is 84.3 cm³/mol. The van der Waals surface area contributed by atoms with E-state index in [1.807, 2.05) is 0 Å². The van der Waals surface area contributed by atoms with E-state index in [0.29, 0.717) is 6.42 Å². The van der Waals surface area contributed by atoms with E-state index in [1.165, 1.54) is 18.4 Å². The Kier molecular flexibility index (Phi) is 4.05. The number of hydrogen-bond acceptors (Lipinski definition) is 1. The predicted octanol–water partition coefficient (Wildman–Crippen LogP) is 3.13. The van der Waals surface area contributed by atoms with Crippen molar-refractivity contribution in [1.29, 1.82) is 0 Å². The molecule has 0 saturated heterocycles. The fraction of sp³-hybridized carbons (Fsp3) is 0.167. The molecular weight excluding hydrogens is 360 g/mol. The Bertz CT molecular complexity index is 658. The first-order valence-corrected chi connectivity index (χ1v) is 9.10. The maximum atomic E-state index is 11.5. The summed E-state index contributed by atoms with van der Waals surface area (Å²) in [6.07, 6.45) is 2.95. The van der Waals surface area contributed by atoms with Crippen LogP contribution in [0.3, 0.4) is 0 Å². The van der Waals surface area contributed by atoms with E-state index in [-0.39, 0.29) is 32.6 Å². The average Bonchev–Trinajstić information content (AvgIpc) is 2.47. The standard InChI is InChI=1S/C18H16OTe/c1-13(19)11-15-12-18(14-7-3-2-4-8-14)20-17-10-6-5-9-16(15)17/h2-10,12,15H,11H2,1H3. The Morgan fingerprint density at radius 2 is 1.75 bits per heavy atom. The van der Waals surface area contributed by atoms with Crippen molar-refractivity contribution in [3.63, 3.8) is 0 Å². The summed E-state index contributed by atoms with van der Waals surface area (Å²) in [6.45, 7) is 1.68.